The maximum atomic E-state index is 10.5. The Balaban J connectivity index is 2.64. The Morgan fingerprint density at radius 3 is 3.00 bits per heavy atom. The molecule has 1 rings (SSSR count). The molecule has 0 aromatic carbocycles. The molecule has 1 aliphatic heterocycles. The molecule has 0 atom stereocenters. The average molecular weight is 126 g/mol. The van der Waals surface area contributed by atoms with Crippen molar-refractivity contribution >= 4 is 23.1 Å². The minimum atomic E-state index is 0.0590. The highest BCUT2D eigenvalue weighted by Crippen LogP contribution is 2.18. The van der Waals surface area contributed by atoms with E-state index in [-0.39, 0.29) is 5.78 Å². The quantitative estimate of drug-likeness (QED) is 0.492. The Morgan fingerprint density at radius 1 is 2.00 bits per heavy atom. The van der Waals surface area contributed by atoms with Crippen LogP contribution in [0.15, 0.2) is 16.1 Å². The first-order valence-electron chi connectivity index (χ1n) is 2.13. The van der Waals surface area contributed by atoms with Gasteiger partial charge in [0.25, 0.3) is 5.55 Å². The third-order valence-corrected chi connectivity index (χ3v) is 1.55. The van der Waals surface area contributed by atoms with Gasteiger partial charge in [0.05, 0.1) is 0 Å². The molecule has 3 heteroatoms. The second kappa shape index (κ2) is 2.07. The molecular weight excluding hydrogens is 122 g/mol. The van der Waals surface area contributed by atoms with E-state index in [0.29, 0.717) is 4.91 Å². The van der Waals surface area contributed by atoms with Crippen LogP contribution in [0, 0.1) is 0 Å². The summed E-state index contributed by atoms with van der Waals surface area (Å²) >= 11 is 1.25. The first-order valence-corrected chi connectivity index (χ1v) is 2.95. The van der Waals surface area contributed by atoms with E-state index in [2.05, 4.69) is 10.5 Å². The van der Waals surface area contributed by atoms with Crippen LogP contribution >= 0.6 is 11.8 Å². The minimum Gasteiger partial charge on any atom is -0.292 e. The summed E-state index contributed by atoms with van der Waals surface area (Å²) in [5.41, 5.74) is 2.58. The molecule has 0 aromatic heterocycles. The average Bonchev–Trinajstić information content (AvgIpc) is 2.12. The van der Waals surface area contributed by atoms with Gasteiger partial charge in [-0.25, -0.2) is 0 Å². The van der Waals surface area contributed by atoms with Crippen molar-refractivity contribution in [3.8, 4) is 0 Å². The van der Waals surface area contributed by atoms with Crippen LogP contribution in [0.2, 0.25) is 0 Å². The number of Topliss-reactive ketones (excluding diaryl/α,β-unsaturated/α-hetero) is 1. The molecule has 0 bridgehead atoms. The molecule has 0 radical (unpaired) electrons. The number of ketones is 1. The number of thioether (sulfide) groups is 1. The van der Waals surface area contributed by atoms with Crippen molar-refractivity contribution in [3.63, 3.8) is 0 Å². The highest BCUT2D eigenvalue weighted by atomic mass is 32.2. The van der Waals surface area contributed by atoms with E-state index in [0.717, 1.165) is 0 Å². The number of aliphatic imine (C=N–C) groups is 1. The van der Waals surface area contributed by atoms with E-state index >= 15 is 0 Å². The third kappa shape index (κ3) is 0.941. The SMILES string of the molecule is CC(=O)C1=CN=[C+]S1. The molecule has 0 unspecified atom stereocenters. The van der Waals surface area contributed by atoms with Crippen molar-refractivity contribution in [2.75, 3.05) is 0 Å². The second-order valence-electron chi connectivity index (χ2n) is 1.37. The molecule has 0 amide bonds. The molecular formula is C5H4NOS+. The van der Waals surface area contributed by atoms with Gasteiger partial charge in [-0.1, -0.05) is 0 Å². The van der Waals surface area contributed by atoms with Crippen LogP contribution in [0.25, 0.3) is 0 Å². The van der Waals surface area contributed by atoms with Crippen LogP contribution in [-0.4, -0.2) is 11.3 Å². The molecule has 0 fully saturated rings. The fourth-order valence-corrected chi connectivity index (χ4v) is 0.803. The van der Waals surface area contributed by atoms with Gasteiger partial charge in [0.1, 0.15) is 11.8 Å². The first kappa shape index (κ1) is 5.48. The number of hydrogen-bond acceptors (Lipinski definition) is 3. The largest absolute Gasteiger partial charge is 0.292 e. The predicted octanol–water partition coefficient (Wildman–Crippen LogP) is 1.07. The summed E-state index contributed by atoms with van der Waals surface area (Å²) < 4.78 is 0. The van der Waals surface area contributed by atoms with E-state index in [9.17, 15) is 4.79 Å². The summed E-state index contributed by atoms with van der Waals surface area (Å²) in [7, 11) is 0. The van der Waals surface area contributed by atoms with Gasteiger partial charge in [0.15, 0.2) is 16.9 Å². The lowest BCUT2D eigenvalue weighted by Gasteiger charge is -1.76. The predicted molar refractivity (Wildman–Crippen MR) is 33.8 cm³/mol. The molecule has 1 aliphatic rings. The zero-order chi connectivity index (χ0) is 5.98. The smallest absolute Gasteiger partial charge is 0.272 e. The van der Waals surface area contributed by atoms with E-state index in [1.54, 1.807) is 0 Å². The molecule has 0 saturated carbocycles. The van der Waals surface area contributed by atoms with Crippen molar-refractivity contribution in [2.45, 2.75) is 6.92 Å². The van der Waals surface area contributed by atoms with Gasteiger partial charge in [0.2, 0.25) is 0 Å². The number of allylic oxidation sites excluding steroid dienone is 1. The van der Waals surface area contributed by atoms with Gasteiger partial charge in [-0.2, -0.15) is 0 Å². The maximum Gasteiger partial charge on any atom is 0.272 e. The molecule has 40 valence electrons. The van der Waals surface area contributed by atoms with Crippen molar-refractivity contribution in [2.24, 2.45) is 4.99 Å². The van der Waals surface area contributed by atoms with Gasteiger partial charge in [-0.3, -0.25) is 4.79 Å². The van der Waals surface area contributed by atoms with Crippen molar-refractivity contribution in [3.05, 3.63) is 11.1 Å². The number of nitrogens with zero attached hydrogens (tertiary/aromatic N) is 1. The van der Waals surface area contributed by atoms with E-state index < -0.39 is 0 Å². The number of rotatable bonds is 1. The van der Waals surface area contributed by atoms with Crippen LogP contribution in [-0.2, 0) is 4.79 Å². The second-order valence-corrected chi connectivity index (χ2v) is 2.20. The minimum absolute atomic E-state index is 0.0590. The topological polar surface area (TPSA) is 29.4 Å². The highest BCUT2D eigenvalue weighted by molar-refractivity contribution is 8.16. The summed E-state index contributed by atoms with van der Waals surface area (Å²) in [6.07, 6.45) is 1.52. The molecule has 0 aromatic rings. The number of carbonyl (C=O) groups is 1. The number of hydrogen-bond donors (Lipinski definition) is 0. The molecule has 0 spiro atoms. The standard InChI is InChI=1S/C5H4NOS/c1-4(7)5-2-6-3-8-5/h2H,1H3/q+1. The van der Waals surface area contributed by atoms with E-state index in [1.165, 1.54) is 24.9 Å². The van der Waals surface area contributed by atoms with E-state index in [1.807, 2.05) is 0 Å². The lowest BCUT2D eigenvalue weighted by atomic mass is 10.4. The summed E-state index contributed by atoms with van der Waals surface area (Å²) in [5.74, 6) is 0.0590. The Labute approximate surface area is 51.7 Å². The maximum absolute atomic E-state index is 10.5. The summed E-state index contributed by atoms with van der Waals surface area (Å²) in [4.78, 5) is 14.7. The van der Waals surface area contributed by atoms with Gasteiger partial charge in [-0.05, 0) is 4.99 Å². The zero-order valence-electron chi connectivity index (χ0n) is 4.34. The van der Waals surface area contributed by atoms with E-state index in [4.69, 9.17) is 0 Å². The summed E-state index contributed by atoms with van der Waals surface area (Å²) in [5, 5.41) is 0. The van der Waals surface area contributed by atoms with Crippen molar-refractivity contribution in [1.29, 1.82) is 0 Å². The van der Waals surface area contributed by atoms with Crippen molar-refractivity contribution < 1.29 is 4.79 Å². The Morgan fingerprint density at radius 2 is 2.75 bits per heavy atom. The van der Waals surface area contributed by atoms with Gasteiger partial charge < -0.3 is 0 Å². The Hall–Kier alpha value is -0.660. The molecule has 0 N–H and O–H groups in total. The van der Waals surface area contributed by atoms with Gasteiger partial charge >= 0.3 is 0 Å². The fourth-order valence-electron chi connectivity index (χ4n) is 0.350. The highest BCUT2D eigenvalue weighted by Gasteiger charge is 2.16. The first-order chi connectivity index (χ1) is 3.80. The van der Waals surface area contributed by atoms with Gasteiger partial charge in [0, 0.05) is 6.92 Å². The molecule has 2 nitrogen and oxygen atoms in total. The summed E-state index contributed by atoms with van der Waals surface area (Å²) in [6.45, 7) is 1.52. The molecule has 1 heterocycles. The number of carbonyl (C=O) groups excluding carboxylic acids is 1. The molecule has 0 saturated heterocycles. The lowest BCUT2D eigenvalue weighted by Crippen LogP contribution is -1.87. The van der Waals surface area contributed by atoms with Crippen LogP contribution in [0.3, 0.4) is 0 Å². The van der Waals surface area contributed by atoms with Crippen molar-refractivity contribution in [1.82, 2.24) is 0 Å². The van der Waals surface area contributed by atoms with Crippen LogP contribution in [0.1, 0.15) is 6.92 Å². The Bertz CT molecular complexity index is 171. The van der Waals surface area contributed by atoms with Crippen LogP contribution in [0.5, 0.6) is 0 Å². The lowest BCUT2D eigenvalue weighted by molar-refractivity contribution is -0.112. The molecule has 0 aliphatic carbocycles. The fraction of sp³-hybridized carbons (Fsp3) is 0.200. The third-order valence-electron chi connectivity index (χ3n) is 0.737. The monoisotopic (exact) mass is 126 g/mol. The summed E-state index contributed by atoms with van der Waals surface area (Å²) in [6, 6.07) is 0. The normalized spacial score (nSPS) is 15.4. The zero-order valence-corrected chi connectivity index (χ0v) is 5.16. The molecule has 8 heavy (non-hydrogen) atoms. The van der Waals surface area contributed by atoms with Crippen LogP contribution in [0.4, 0.5) is 0 Å². The van der Waals surface area contributed by atoms with Crippen LogP contribution < -0.4 is 0 Å². The van der Waals surface area contributed by atoms with Gasteiger partial charge in [-0.15, -0.1) is 0 Å². The Kier molecular flexibility index (Phi) is 1.42.